The zero-order valence-corrected chi connectivity index (χ0v) is 12.9. The lowest BCUT2D eigenvalue weighted by molar-refractivity contribution is -0.143. The van der Waals surface area contributed by atoms with Crippen molar-refractivity contribution in [2.24, 2.45) is 11.8 Å². The first-order valence-corrected chi connectivity index (χ1v) is 7.32. The van der Waals surface area contributed by atoms with Gasteiger partial charge < -0.3 is 20.6 Å². The van der Waals surface area contributed by atoms with Crippen LogP contribution in [0.25, 0.3) is 0 Å². The van der Waals surface area contributed by atoms with Crippen LogP contribution >= 0.6 is 0 Å². The first-order chi connectivity index (χ1) is 9.86. The van der Waals surface area contributed by atoms with E-state index >= 15 is 0 Å². The summed E-state index contributed by atoms with van der Waals surface area (Å²) in [6.45, 7) is 2.03. The Balaban J connectivity index is 2.54. The van der Waals surface area contributed by atoms with E-state index in [2.05, 4.69) is 10.6 Å². The van der Waals surface area contributed by atoms with Crippen LogP contribution in [0.2, 0.25) is 0 Å². The monoisotopic (exact) mass is 299 g/mol. The van der Waals surface area contributed by atoms with Crippen molar-refractivity contribution in [1.82, 2.24) is 15.5 Å². The summed E-state index contributed by atoms with van der Waals surface area (Å²) in [7, 11) is 3.16. The number of rotatable bonds is 5. The second-order valence-corrected chi connectivity index (χ2v) is 5.68. The Morgan fingerprint density at radius 3 is 2.48 bits per heavy atom. The summed E-state index contributed by atoms with van der Waals surface area (Å²) in [5, 5.41) is 14.5. The molecule has 3 atom stereocenters. The highest BCUT2D eigenvalue weighted by Gasteiger charge is 2.32. The Bertz CT molecular complexity index is 400. The molecule has 1 saturated carbocycles. The van der Waals surface area contributed by atoms with Crippen molar-refractivity contribution < 1.29 is 19.5 Å². The molecule has 1 aliphatic carbocycles. The quantitative estimate of drug-likeness (QED) is 0.694. The summed E-state index contributed by atoms with van der Waals surface area (Å²) < 4.78 is 0. The van der Waals surface area contributed by atoms with E-state index in [-0.39, 0.29) is 30.4 Å². The van der Waals surface area contributed by atoms with Gasteiger partial charge in [-0.3, -0.25) is 9.59 Å². The molecule has 0 radical (unpaired) electrons. The smallest absolute Gasteiger partial charge is 0.317 e. The van der Waals surface area contributed by atoms with Gasteiger partial charge in [0, 0.05) is 26.7 Å². The maximum absolute atomic E-state index is 12.1. The van der Waals surface area contributed by atoms with Gasteiger partial charge in [0.15, 0.2) is 0 Å². The molecule has 0 aromatic carbocycles. The Morgan fingerprint density at radius 1 is 1.29 bits per heavy atom. The average Bonchev–Trinajstić information content (AvgIpc) is 2.46. The second kappa shape index (κ2) is 7.85. The minimum Gasteiger partial charge on any atom is -0.481 e. The highest BCUT2D eigenvalue weighted by Crippen LogP contribution is 2.24. The molecule has 7 nitrogen and oxygen atoms in total. The predicted molar refractivity (Wildman–Crippen MR) is 77.8 cm³/mol. The molecule has 1 rings (SSSR count). The molecule has 0 aromatic heterocycles. The van der Waals surface area contributed by atoms with Crippen molar-refractivity contribution in [1.29, 1.82) is 0 Å². The molecule has 120 valence electrons. The van der Waals surface area contributed by atoms with Gasteiger partial charge in [-0.25, -0.2) is 4.79 Å². The zero-order valence-electron chi connectivity index (χ0n) is 12.9. The predicted octanol–water partition coefficient (Wildman–Crippen LogP) is 0.653. The Labute approximate surface area is 125 Å². The highest BCUT2D eigenvalue weighted by molar-refractivity contribution is 5.80. The topological polar surface area (TPSA) is 98.7 Å². The molecular formula is C14H25N3O4. The highest BCUT2D eigenvalue weighted by atomic mass is 16.4. The van der Waals surface area contributed by atoms with Crippen LogP contribution in [-0.4, -0.2) is 54.6 Å². The minimum absolute atomic E-state index is 0.129. The number of nitrogens with one attached hydrogen (secondary N) is 2. The molecule has 0 aromatic rings. The number of carboxylic acid groups (broad SMARTS) is 1. The SMILES string of the molecule is CNC(=O)C(C)CN(C)C(=O)NC1CCCCC1C(=O)O. The lowest BCUT2D eigenvalue weighted by atomic mass is 9.84. The number of carbonyl (C=O) groups is 3. The fourth-order valence-corrected chi connectivity index (χ4v) is 2.69. The molecular weight excluding hydrogens is 274 g/mol. The van der Waals surface area contributed by atoms with Crippen LogP contribution in [0.1, 0.15) is 32.6 Å². The zero-order chi connectivity index (χ0) is 16.0. The summed E-state index contributed by atoms with van der Waals surface area (Å²) in [6, 6.07) is -0.662. The molecule has 3 N–H and O–H groups in total. The summed E-state index contributed by atoms with van der Waals surface area (Å²) in [6.07, 6.45) is 3.08. The van der Waals surface area contributed by atoms with Crippen LogP contribution < -0.4 is 10.6 Å². The number of amides is 3. The Kier molecular flexibility index (Phi) is 6.45. The van der Waals surface area contributed by atoms with Gasteiger partial charge >= 0.3 is 12.0 Å². The van der Waals surface area contributed by atoms with Crippen molar-refractivity contribution in [2.75, 3.05) is 20.6 Å². The molecule has 3 amide bonds. The lowest BCUT2D eigenvalue weighted by Crippen LogP contribution is -2.50. The third-order valence-electron chi connectivity index (χ3n) is 3.98. The van der Waals surface area contributed by atoms with E-state index in [1.165, 1.54) is 4.90 Å². The number of hydrogen-bond donors (Lipinski definition) is 3. The molecule has 0 bridgehead atoms. The second-order valence-electron chi connectivity index (χ2n) is 5.68. The van der Waals surface area contributed by atoms with Crippen molar-refractivity contribution in [2.45, 2.75) is 38.6 Å². The largest absolute Gasteiger partial charge is 0.481 e. The number of urea groups is 1. The van der Waals surface area contributed by atoms with Crippen LogP contribution in [0.3, 0.4) is 0 Å². The van der Waals surface area contributed by atoms with Gasteiger partial charge in [0.25, 0.3) is 0 Å². The normalized spacial score (nSPS) is 23.0. The molecule has 1 fully saturated rings. The third-order valence-corrected chi connectivity index (χ3v) is 3.98. The summed E-state index contributed by atoms with van der Waals surface area (Å²) in [5.74, 6) is -1.82. The minimum atomic E-state index is -0.860. The first kappa shape index (κ1) is 17.3. The number of nitrogens with zero attached hydrogens (tertiary/aromatic N) is 1. The molecule has 0 heterocycles. The van der Waals surface area contributed by atoms with Crippen molar-refractivity contribution >= 4 is 17.9 Å². The van der Waals surface area contributed by atoms with E-state index in [9.17, 15) is 19.5 Å². The third kappa shape index (κ3) is 4.91. The van der Waals surface area contributed by atoms with Gasteiger partial charge in [-0.05, 0) is 12.8 Å². The van der Waals surface area contributed by atoms with Crippen LogP contribution in [0.4, 0.5) is 4.79 Å². The summed E-state index contributed by atoms with van der Waals surface area (Å²) in [4.78, 5) is 36.2. The molecule has 0 aliphatic heterocycles. The summed E-state index contributed by atoms with van der Waals surface area (Å²) >= 11 is 0. The average molecular weight is 299 g/mol. The van der Waals surface area contributed by atoms with Gasteiger partial charge in [0.2, 0.25) is 5.91 Å². The van der Waals surface area contributed by atoms with Crippen molar-refractivity contribution in [3.8, 4) is 0 Å². The van der Waals surface area contributed by atoms with Gasteiger partial charge in [-0.15, -0.1) is 0 Å². The fourth-order valence-electron chi connectivity index (χ4n) is 2.69. The number of carboxylic acids is 1. The van der Waals surface area contributed by atoms with Gasteiger partial charge in [-0.1, -0.05) is 19.8 Å². The first-order valence-electron chi connectivity index (χ1n) is 7.32. The summed E-state index contributed by atoms with van der Waals surface area (Å²) in [5.41, 5.74) is 0. The van der Waals surface area contributed by atoms with E-state index in [1.54, 1.807) is 21.0 Å². The van der Waals surface area contributed by atoms with Crippen molar-refractivity contribution in [3.63, 3.8) is 0 Å². The molecule has 7 heteroatoms. The van der Waals surface area contributed by atoms with E-state index in [4.69, 9.17) is 0 Å². The molecule has 21 heavy (non-hydrogen) atoms. The maximum Gasteiger partial charge on any atom is 0.317 e. The van der Waals surface area contributed by atoms with E-state index in [1.807, 2.05) is 0 Å². The van der Waals surface area contributed by atoms with Crippen molar-refractivity contribution in [3.05, 3.63) is 0 Å². The molecule has 1 aliphatic rings. The lowest BCUT2D eigenvalue weighted by Gasteiger charge is -2.31. The van der Waals surface area contributed by atoms with Crippen LogP contribution in [0, 0.1) is 11.8 Å². The standard InChI is InChI=1S/C14H25N3O4/c1-9(12(18)15-2)8-17(3)14(21)16-11-7-5-4-6-10(11)13(19)20/h9-11H,4-8H2,1-3H3,(H,15,18)(H,16,21)(H,19,20). The number of hydrogen-bond acceptors (Lipinski definition) is 3. The van der Waals surface area contributed by atoms with E-state index in [0.717, 1.165) is 12.8 Å². The molecule has 0 spiro atoms. The van der Waals surface area contributed by atoms with E-state index < -0.39 is 11.9 Å². The van der Waals surface area contributed by atoms with Gasteiger partial charge in [0.1, 0.15) is 0 Å². The van der Waals surface area contributed by atoms with Gasteiger partial charge in [-0.2, -0.15) is 0 Å². The van der Waals surface area contributed by atoms with Crippen LogP contribution in [-0.2, 0) is 9.59 Å². The fraction of sp³-hybridized carbons (Fsp3) is 0.786. The number of carbonyl (C=O) groups excluding carboxylic acids is 2. The van der Waals surface area contributed by atoms with Gasteiger partial charge in [0.05, 0.1) is 11.8 Å². The Hall–Kier alpha value is -1.79. The molecule has 0 saturated heterocycles. The maximum atomic E-state index is 12.1. The van der Waals surface area contributed by atoms with E-state index in [0.29, 0.717) is 12.8 Å². The Morgan fingerprint density at radius 2 is 1.90 bits per heavy atom. The van der Waals surface area contributed by atoms with Crippen LogP contribution in [0.5, 0.6) is 0 Å². The van der Waals surface area contributed by atoms with Crippen LogP contribution in [0.15, 0.2) is 0 Å². The number of aliphatic carboxylic acids is 1. The molecule has 3 unspecified atom stereocenters.